The average Bonchev–Trinajstić information content (AvgIpc) is 2.81. The van der Waals surface area contributed by atoms with Crippen molar-refractivity contribution in [3.05, 3.63) is 102 Å². The summed E-state index contributed by atoms with van der Waals surface area (Å²) in [6, 6.07) is 30.8. The molecular formula is C29H32O3. The van der Waals surface area contributed by atoms with E-state index < -0.39 is 0 Å². The Hall–Kier alpha value is -3.46. The third kappa shape index (κ3) is 6.52. The summed E-state index contributed by atoms with van der Waals surface area (Å²) in [6.45, 7) is 4.84. The predicted molar refractivity (Wildman–Crippen MR) is 132 cm³/mol. The van der Waals surface area contributed by atoms with E-state index in [1.807, 2.05) is 42.5 Å². The highest BCUT2D eigenvalue weighted by atomic mass is 16.5. The molecule has 0 atom stereocenters. The normalized spacial score (nSPS) is 10.4. The standard InChI is InChI=1S/C29H32O3/c1-22(2)18-27-28(30-3)19-26(20-29(27)31-4)32-21-23-14-16-25(17-15-23)24-12-10-8-6-5-7-9-11-13-24/h5-17,19-20,22H,18,21H2,1-4H3. The molecule has 3 heteroatoms. The first kappa shape index (κ1) is 23.2. The van der Waals surface area contributed by atoms with E-state index in [1.54, 1.807) is 14.2 Å². The summed E-state index contributed by atoms with van der Waals surface area (Å²) in [5, 5.41) is 0. The van der Waals surface area contributed by atoms with Crippen LogP contribution in [-0.4, -0.2) is 14.2 Å². The third-order valence-corrected chi connectivity index (χ3v) is 5.10. The lowest BCUT2D eigenvalue weighted by Gasteiger charge is -2.17. The van der Waals surface area contributed by atoms with Crippen molar-refractivity contribution >= 4 is 0 Å². The molecule has 0 spiro atoms. The Morgan fingerprint density at radius 1 is 0.656 bits per heavy atom. The summed E-state index contributed by atoms with van der Waals surface area (Å²) < 4.78 is 17.3. The van der Waals surface area contributed by atoms with Crippen molar-refractivity contribution in [3.8, 4) is 28.4 Å². The van der Waals surface area contributed by atoms with Crippen LogP contribution in [-0.2, 0) is 13.0 Å². The second-order valence-corrected chi connectivity index (χ2v) is 8.03. The molecule has 0 saturated heterocycles. The summed E-state index contributed by atoms with van der Waals surface area (Å²) in [5.74, 6) is 2.84. The van der Waals surface area contributed by atoms with E-state index in [2.05, 4.69) is 62.4 Å². The SMILES string of the molecule is COc1cc(OCc2ccc(-c3ccccccccc3)cc2)cc(OC)c1CC(C)C. The van der Waals surface area contributed by atoms with E-state index in [4.69, 9.17) is 14.2 Å². The van der Waals surface area contributed by atoms with Gasteiger partial charge in [-0.15, -0.1) is 0 Å². The Balaban J connectivity index is 1.76. The molecule has 0 aromatic heterocycles. The van der Waals surface area contributed by atoms with Crippen LogP contribution in [0.4, 0.5) is 0 Å². The monoisotopic (exact) mass is 428 g/mol. The molecule has 0 radical (unpaired) electrons. The fraction of sp³-hybridized carbons (Fsp3) is 0.241. The molecule has 0 saturated carbocycles. The minimum atomic E-state index is 0.471. The number of ether oxygens (including phenoxy) is 3. The van der Waals surface area contributed by atoms with Crippen molar-refractivity contribution in [2.45, 2.75) is 26.9 Å². The number of benzene rings is 2. The number of rotatable bonds is 8. The Bertz CT molecular complexity index is 1000. The van der Waals surface area contributed by atoms with E-state index >= 15 is 0 Å². The molecule has 0 fully saturated rings. The summed E-state index contributed by atoms with van der Waals surface area (Å²) in [5.41, 5.74) is 4.49. The molecule has 0 amide bonds. The van der Waals surface area contributed by atoms with Gasteiger partial charge >= 0.3 is 0 Å². The van der Waals surface area contributed by atoms with Crippen LogP contribution in [0.5, 0.6) is 17.2 Å². The van der Waals surface area contributed by atoms with E-state index in [1.165, 1.54) is 0 Å². The summed E-state index contributed by atoms with van der Waals surface area (Å²) >= 11 is 0. The van der Waals surface area contributed by atoms with Crippen LogP contribution in [0.2, 0.25) is 0 Å². The fourth-order valence-corrected chi connectivity index (χ4v) is 3.50. The van der Waals surface area contributed by atoms with Gasteiger partial charge in [0.15, 0.2) is 0 Å². The first-order chi connectivity index (χ1) is 15.6. The van der Waals surface area contributed by atoms with Gasteiger partial charge in [0.25, 0.3) is 0 Å². The van der Waals surface area contributed by atoms with Crippen LogP contribution in [0.15, 0.2) is 91.0 Å². The maximum Gasteiger partial charge on any atom is 0.129 e. The van der Waals surface area contributed by atoms with Crippen LogP contribution >= 0.6 is 0 Å². The average molecular weight is 429 g/mol. The molecule has 0 bridgehead atoms. The van der Waals surface area contributed by atoms with Crippen LogP contribution in [0.1, 0.15) is 25.0 Å². The van der Waals surface area contributed by atoms with Crippen molar-refractivity contribution in [2.24, 2.45) is 5.92 Å². The van der Waals surface area contributed by atoms with Crippen molar-refractivity contribution in [1.82, 2.24) is 0 Å². The van der Waals surface area contributed by atoms with Gasteiger partial charge < -0.3 is 14.2 Å². The first-order valence-electron chi connectivity index (χ1n) is 11.0. The molecule has 0 heterocycles. The molecule has 3 nitrogen and oxygen atoms in total. The van der Waals surface area contributed by atoms with Gasteiger partial charge in [-0.25, -0.2) is 0 Å². The summed E-state index contributed by atoms with van der Waals surface area (Å²) in [7, 11) is 3.37. The topological polar surface area (TPSA) is 27.7 Å². The van der Waals surface area contributed by atoms with Gasteiger partial charge in [0.1, 0.15) is 23.9 Å². The van der Waals surface area contributed by atoms with Gasteiger partial charge in [0.05, 0.1) is 14.2 Å². The van der Waals surface area contributed by atoms with Gasteiger partial charge in [-0.2, -0.15) is 0 Å². The van der Waals surface area contributed by atoms with E-state index in [0.29, 0.717) is 12.5 Å². The lowest BCUT2D eigenvalue weighted by atomic mass is 10.0. The molecule has 0 aliphatic carbocycles. The molecule has 32 heavy (non-hydrogen) atoms. The Labute approximate surface area is 191 Å². The van der Waals surface area contributed by atoms with Crippen molar-refractivity contribution in [1.29, 1.82) is 0 Å². The van der Waals surface area contributed by atoms with E-state index in [0.717, 1.165) is 45.9 Å². The Morgan fingerprint density at radius 3 is 1.66 bits per heavy atom. The van der Waals surface area contributed by atoms with E-state index in [-0.39, 0.29) is 0 Å². The fourth-order valence-electron chi connectivity index (χ4n) is 3.50. The highest BCUT2D eigenvalue weighted by Crippen LogP contribution is 2.36. The van der Waals surface area contributed by atoms with Crippen LogP contribution in [0.25, 0.3) is 11.1 Å². The van der Waals surface area contributed by atoms with Gasteiger partial charge in [0, 0.05) is 17.7 Å². The lowest BCUT2D eigenvalue weighted by molar-refractivity contribution is 0.299. The molecule has 3 rings (SSSR count). The summed E-state index contributed by atoms with van der Waals surface area (Å²) in [6.07, 6.45) is 0.889. The number of hydrogen-bond donors (Lipinski definition) is 0. The van der Waals surface area contributed by atoms with Gasteiger partial charge in [-0.1, -0.05) is 92.7 Å². The maximum atomic E-state index is 6.07. The lowest BCUT2D eigenvalue weighted by Crippen LogP contribution is -2.03. The largest absolute Gasteiger partial charge is 0.496 e. The van der Waals surface area contributed by atoms with Gasteiger partial charge in [0.2, 0.25) is 0 Å². The zero-order valence-corrected chi connectivity index (χ0v) is 19.4. The van der Waals surface area contributed by atoms with Crippen molar-refractivity contribution in [2.75, 3.05) is 14.2 Å². The zero-order valence-electron chi connectivity index (χ0n) is 19.4. The quantitative estimate of drug-likeness (QED) is 0.377. The highest BCUT2D eigenvalue weighted by molar-refractivity contribution is 5.62. The third-order valence-electron chi connectivity index (χ3n) is 5.10. The Morgan fingerprint density at radius 2 is 1.16 bits per heavy atom. The molecule has 3 aromatic carbocycles. The number of hydrogen-bond acceptors (Lipinski definition) is 3. The van der Waals surface area contributed by atoms with Crippen molar-refractivity contribution in [3.63, 3.8) is 0 Å². The second kappa shape index (κ2) is 11.8. The molecule has 0 N–H and O–H groups in total. The predicted octanol–water partition coefficient (Wildman–Crippen LogP) is 7.27. The van der Waals surface area contributed by atoms with Gasteiger partial charge in [-0.05, 0) is 29.0 Å². The Kier molecular flexibility index (Phi) is 8.56. The minimum absolute atomic E-state index is 0.471. The first-order valence-corrected chi connectivity index (χ1v) is 11.0. The van der Waals surface area contributed by atoms with E-state index in [9.17, 15) is 0 Å². The maximum absolute atomic E-state index is 6.07. The zero-order chi connectivity index (χ0) is 22.8. The number of methoxy groups -OCH3 is 2. The minimum Gasteiger partial charge on any atom is -0.496 e. The second-order valence-electron chi connectivity index (χ2n) is 8.03. The highest BCUT2D eigenvalue weighted by Gasteiger charge is 2.15. The van der Waals surface area contributed by atoms with Crippen LogP contribution < -0.4 is 14.2 Å². The summed E-state index contributed by atoms with van der Waals surface area (Å²) in [4.78, 5) is 0. The molecule has 0 unspecified atom stereocenters. The smallest absolute Gasteiger partial charge is 0.129 e. The molecule has 3 aromatic rings. The van der Waals surface area contributed by atoms with Crippen LogP contribution in [0.3, 0.4) is 0 Å². The van der Waals surface area contributed by atoms with Crippen molar-refractivity contribution < 1.29 is 14.2 Å². The molecular weight excluding hydrogens is 396 g/mol. The molecule has 0 aliphatic heterocycles. The van der Waals surface area contributed by atoms with Gasteiger partial charge in [-0.3, -0.25) is 0 Å². The molecule has 166 valence electrons. The van der Waals surface area contributed by atoms with Crippen LogP contribution in [0, 0.1) is 5.92 Å². The molecule has 0 aliphatic rings.